The molecule has 0 bridgehead atoms. The van der Waals surface area contributed by atoms with Crippen molar-refractivity contribution in [2.45, 2.75) is 12.4 Å². The van der Waals surface area contributed by atoms with Crippen molar-refractivity contribution in [1.29, 1.82) is 0 Å². The molecule has 0 aliphatic rings. The highest BCUT2D eigenvalue weighted by molar-refractivity contribution is 6.08. The van der Waals surface area contributed by atoms with E-state index in [1.54, 1.807) is 0 Å². The lowest BCUT2D eigenvalue weighted by molar-refractivity contribution is -0.138. The first-order valence-corrected chi connectivity index (χ1v) is 8.25. The van der Waals surface area contributed by atoms with Gasteiger partial charge in [-0.05, 0) is 46.7 Å². The lowest BCUT2D eigenvalue weighted by Gasteiger charge is -2.09. The van der Waals surface area contributed by atoms with Gasteiger partial charge in [0.15, 0.2) is 0 Å². The summed E-state index contributed by atoms with van der Waals surface area (Å²) in [4.78, 5) is 24.5. The van der Waals surface area contributed by atoms with Crippen LogP contribution in [0.15, 0.2) is 53.2 Å². The molecule has 0 aliphatic carbocycles. The number of alkyl halides is 6. The Morgan fingerprint density at radius 2 is 1.10 bits per heavy atom. The van der Waals surface area contributed by atoms with E-state index in [4.69, 9.17) is 0 Å². The first-order valence-electron chi connectivity index (χ1n) is 8.25. The van der Waals surface area contributed by atoms with E-state index in [1.165, 1.54) is 0 Å². The highest BCUT2D eigenvalue weighted by Gasteiger charge is 2.32. The van der Waals surface area contributed by atoms with Gasteiger partial charge < -0.3 is 10.6 Å². The Labute approximate surface area is 169 Å². The molecule has 162 valence electrons. The predicted molar refractivity (Wildman–Crippen MR) is 93.1 cm³/mol. The molecule has 3 rings (SSSR count). The number of carbonyl (C=O) groups is 2. The van der Waals surface area contributed by atoms with Crippen molar-refractivity contribution in [3.63, 3.8) is 0 Å². The summed E-state index contributed by atoms with van der Waals surface area (Å²) in [5.41, 5.74) is -2.85. The van der Waals surface area contributed by atoms with Crippen LogP contribution in [-0.4, -0.2) is 22.1 Å². The molecule has 0 saturated heterocycles. The van der Waals surface area contributed by atoms with E-state index in [0.717, 1.165) is 36.4 Å². The number of benzene rings is 2. The van der Waals surface area contributed by atoms with Crippen LogP contribution in [0.4, 0.5) is 38.0 Å². The van der Waals surface area contributed by atoms with Gasteiger partial charge >= 0.3 is 12.4 Å². The van der Waals surface area contributed by atoms with Gasteiger partial charge in [0.2, 0.25) is 11.6 Å². The molecule has 0 unspecified atom stereocenters. The molecule has 3 aromatic rings. The van der Waals surface area contributed by atoms with Crippen LogP contribution >= 0.6 is 0 Å². The zero-order valence-corrected chi connectivity index (χ0v) is 15.0. The van der Waals surface area contributed by atoms with Gasteiger partial charge in [-0.15, -0.1) is 0 Å². The average molecular weight is 444 g/mol. The van der Waals surface area contributed by atoms with Crippen molar-refractivity contribution in [2.24, 2.45) is 0 Å². The van der Waals surface area contributed by atoms with Gasteiger partial charge in [0.05, 0.1) is 11.1 Å². The number of anilines is 2. The zero-order chi connectivity index (χ0) is 22.8. The lowest BCUT2D eigenvalue weighted by Crippen LogP contribution is -2.18. The smallest absolute Gasteiger partial charge is 0.300 e. The fourth-order valence-corrected chi connectivity index (χ4v) is 2.39. The standard InChI is InChI=1S/C18H10F6N4O3/c19-17(20,21)11-5-1-3-9(7-11)15(29)25-13-14(28-31-27-13)26-16(30)10-4-2-6-12(8-10)18(22,23)24/h1-8H,(H,25,27,29)(H,26,28,30). The minimum atomic E-state index is -4.67. The van der Waals surface area contributed by atoms with Gasteiger partial charge in [0.25, 0.3) is 11.8 Å². The molecule has 1 heterocycles. The van der Waals surface area contributed by atoms with Crippen molar-refractivity contribution in [1.82, 2.24) is 10.3 Å². The Kier molecular flexibility index (Phi) is 5.69. The van der Waals surface area contributed by atoms with Crippen molar-refractivity contribution >= 4 is 23.5 Å². The molecule has 31 heavy (non-hydrogen) atoms. The minimum absolute atomic E-state index is 0.368. The van der Waals surface area contributed by atoms with Crippen LogP contribution in [0, 0.1) is 0 Å². The monoisotopic (exact) mass is 444 g/mol. The maximum absolute atomic E-state index is 12.8. The van der Waals surface area contributed by atoms with Crippen LogP contribution in [0.25, 0.3) is 0 Å². The number of halogens is 6. The molecule has 0 radical (unpaired) electrons. The van der Waals surface area contributed by atoms with E-state index in [9.17, 15) is 35.9 Å². The van der Waals surface area contributed by atoms with Gasteiger partial charge in [-0.1, -0.05) is 12.1 Å². The number of aromatic nitrogens is 2. The summed E-state index contributed by atoms with van der Waals surface area (Å²) >= 11 is 0. The van der Waals surface area contributed by atoms with Crippen molar-refractivity contribution < 1.29 is 40.6 Å². The highest BCUT2D eigenvalue weighted by atomic mass is 19.4. The van der Waals surface area contributed by atoms with Crippen molar-refractivity contribution in [3.05, 3.63) is 70.8 Å². The fraction of sp³-hybridized carbons (Fsp3) is 0.111. The summed E-state index contributed by atoms with van der Waals surface area (Å²) in [6.45, 7) is 0. The first-order chi connectivity index (χ1) is 14.4. The minimum Gasteiger partial charge on any atom is -0.300 e. The zero-order valence-electron chi connectivity index (χ0n) is 15.0. The quantitative estimate of drug-likeness (QED) is 0.573. The number of nitrogens with zero attached hydrogens (tertiary/aromatic N) is 2. The Hall–Kier alpha value is -3.90. The highest BCUT2D eigenvalue weighted by Crippen LogP contribution is 2.31. The van der Waals surface area contributed by atoms with Crippen LogP contribution < -0.4 is 10.6 Å². The summed E-state index contributed by atoms with van der Waals surface area (Å²) in [5, 5.41) is 10.9. The summed E-state index contributed by atoms with van der Waals surface area (Å²) in [6.07, 6.45) is -9.34. The van der Waals surface area contributed by atoms with Crippen molar-refractivity contribution in [3.8, 4) is 0 Å². The molecular formula is C18H10F6N4O3. The topological polar surface area (TPSA) is 97.1 Å². The van der Waals surface area contributed by atoms with Crippen molar-refractivity contribution in [2.75, 3.05) is 10.6 Å². The summed E-state index contributed by atoms with van der Waals surface area (Å²) in [6, 6.07) is 7.01. The van der Waals surface area contributed by atoms with Gasteiger partial charge in [-0.25, -0.2) is 4.63 Å². The number of rotatable bonds is 4. The van der Waals surface area contributed by atoms with E-state index in [-0.39, 0.29) is 11.1 Å². The Balaban J connectivity index is 1.76. The van der Waals surface area contributed by atoms with Crippen LogP contribution in [0.1, 0.15) is 31.8 Å². The van der Waals surface area contributed by atoms with Gasteiger partial charge in [-0.2, -0.15) is 26.3 Å². The number of hydrogen-bond acceptors (Lipinski definition) is 5. The molecule has 0 spiro atoms. The van der Waals surface area contributed by atoms with E-state index in [1.807, 2.05) is 0 Å². The van der Waals surface area contributed by atoms with E-state index < -0.39 is 46.9 Å². The molecule has 0 aliphatic heterocycles. The summed E-state index contributed by atoms with van der Waals surface area (Å²) in [7, 11) is 0. The van der Waals surface area contributed by atoms with Gasteiger partial charge in [0, 0.05) is 11.1 Å². The summed E-state index contributed by atoms with van der Waals surface area (Å²) < 4.78 is 81.1. The maximum atomic E-state index is 12.8. The number of hydrogen-bond donors (Lipinski definition) is 2. The van der Waals surface area contributed by atoms with E-state index in [0.29, 0.717) is 12.1 Å². The molecule has 0 atom stereocenters. The van der Waals surface area contributed by atoms with Crippen LogP contribution in [0.2, 0.25) is 0 Å². The Morgan fingerprint density at radius 3 is 1.45 bits per heavy atom. The molecule has 2 N–H and O–H groups in total. The molecule has 2 amide bonds. The number of amides is 2. The van der Waals surface area contributed by atoms with E-state index in [2.05, 4.69) is 25.6 Å². The fourth-order valence-electron chi connectivity index (χ4n) is 2.39. The lowest BCUT2D eigenvalue weighted by atomic mass is 10.1. The number of carbonyl (C=O) groups excluding carboxylic acids is 2. The Morgan fingerprint density at radius 1 is 0.710 bits per heavy atom. The molecule has 0 fully saturated rings. The largest absolute Gasteiger partial charge is 0.416 e. The normalized spacial score (nSPS) is 11.8. The SMILES string of the molecule is O=C(Nc1nonc1NC(=O)c1cccc(C(F)(F)F)c1)c1cccc(C(F)(F)F)c1. The molecule has 7 nitrogen and oxygen atoms in total. The molecule has 13 heteroatoms. The van der Waals surface area contributed by atoms with Gasteiger partial charge in [0.1, 0.15) is 0 Å². The van der Waals surface area contributed by atoms with E-state index >= 15 is 0 Å². The molecular weight excluding hydrogens is 434 g/mol. The van der Waals surface area contributed by atoms with Crippen LogP contribution in [0.3, 0.4) is 0 Å². The van der Waals surface area contributed by atoms with Gasteiger partial charge in [-0.3, -0.25) is 9.59 Å². The Bertz CT molecular complexity index is 1040. The third-order valence-electron chi connectivity index (χ3n) is 3.86. The molecule has 2 aromatic carbocycles. The second-order valence-corrected chi connectivity index (χ2v) is 6.03. The first kappa shape index (κ1) is 21.8. The van der Waals surface area contributed by atoms with Crippen LogP contribution in [-0.2, 0) is 12.4 Å². The third kappa shape index (κ3) is 5.18. The maximum Gasteiger partial charge on any atom is 0.416 e. The molecule has 1 aromatic heterocycles. The second kappa shape index (κ2) is 8.08. The third-order valence-corrected chi connectivity index (χ3v) is 3.86. The second-order valence-electron chi connectivity index (χ2n) is 6.03. The number of nitrogens with one attached hydrogen (secondary N) is 2. The molecule has 0 saturated carbocycles. The summed E-state index contributed by atoms with van der Waals surface area (Å²) in [5.74, 6) is -2.95. The predicted octanol–water partition coefficient (Wildman–Crippen LogP) is 4.61. The van der Waals surface area contributed by atoms with Crippen LogP contribution in [0.5, 0.6) is 0 Å². The average Bonchev–Trinajstić information content (AvgIpc) is 3.13.